The van der Waals surface area contributed by atoms with E-state index in [1.165, 1.54) is 0 Å². The molecule has 1 amide bonds. The molecule has 5 heteroatoms. The molecule has 1 aromatic heterocycles. The molecule has 1 atom stereocenters. The van der Waals surface area contributed by atoms with Crippen molar-refractivity contribution in [1.82, 2.24) is 9.88 Å². The number of carbonyl (C=O) groups is 1. The minimum Gasteiger partial charge on any atom is -0.329 e. The number of nitriles is 1. The van der Waals surface area contributed by atoms with E-state index in [-0.39, 0.29) is 11.9 Å². The van der Waals surface area contributed by atoms with Gasteiger partial charge in [0, 0.05) is 12.1 Å². The number of aromatic nitrogens is 1. The second kappa shape index (κ2) is 6.06. The summed E-state index contributed by atoms with van der Waals surface area (Å²) in [4.78, 5) is 19.5. The van der Waals surface area contributed by atoms with E-state index in [0.717, 1.165) is 34.6 Å². The summed E-state index contributed by atoms with van der Waals surface area (Å²) < 4.78 is 1.15. The third kappa shape index (κ3) is 2.55. The number of benzene rings is 2. The van der Waals surface area contributed by atoms with Gasteiger partial charge in [-0.05, 0) is 43.2 Å². The molecule has 0 radical (unpaired) electrons. The number of hydrogen-bond donors (Lipinski definition) is 0. The molecule has 0 aliphatic carbocycles. The highest BCUT2D eigenvalue weighted by Crippen LogP contribution is 2.37. The van der Waals surface area contributed by atoms with Crippen LogP contribution in [0.2, 0.25) is 0 Å². The van der Waals surface area contributed by atoms with Gasteiger partial charge < -0.3 is 4.90 Å². The lowest BCUT2D eigenvalue weighted by molar-refractivity contribution is 0.0735. The highest BCUT2D eigenvalue weighted by Gasteiger charge is 2.32. The second-order valence-corrected chi connectivity index (χ2v) is 6.93. The summed E-state index contributed by atoms with van der Waals surface area (Å²) in [6.07, 6.45) is 1.91. The molecule has 118 valence electrons. The molecule has 2 heterocycles. The second-order valence-electron chi connectivity index (χ2n) is 5.87. The first-order valence-corrected chi connectivity index (χ1v) is 8.74. The molecule has 24 heavy (non-hydrogen) atoms. The molecule has 1 aliphatic heterocycles. The number of thiazole rings is 1. The van der Waals surface area contributed by atoms with Crippen molar-refractivity contribution in [2.24, 2.45) is 0 Å². The highest BCUT2D eigenvalue weighted by atomic mass is 32.1. The van der Waals surface area contributed by atoms with Gasteiger partial charge in [-0.3, -0.25) is 4.79 Å². The van der Waals surface area contributed by atoms with Gasteiger partial charge in [-0.1, -0.05) is 18.2 Å². The lowest BCUT2D eigenvalue weighted by atomic mass is 10.1. The topological polar surface area (TPSA) is 57.0 Å². The lowest BCUT2D eigenvalue weighted by Crippen LogP contribution is -2.30. The fraction of sp³-hybridized carbons (Fsp3) is 0.211. The molecule has 3 aromatic rings. The Morgan fingerprint density at radius 2 is 2.12 bits per heavy atom. The number of hydrogen-bond acceptors (Lipinski definition) is 4. The highest BCUT2D eigenvalue weighted by molar-refractivity contribution is 7.18. The Morgan fingerprint density at radius 3 is 2.96 bits per heavy atom. The number of carbonyl (C=O) groups excluding carboxylic acids is 1. The molecular weight excluding hydrogens is 318 g/mol. The Hall–Kier alpha value is -2.71. The van der Waals surface area contributed by atoms with Gasteiger partial charge in [-0.15, -0.1) is 11.3 Å². The molecule has 1 unspecified atom stereocenters. The normalized spacial score (nSPS) is 17.1. The van der Waals surface area contributed by atoms with Crippen LogP contribution in [0.1, 0.15) is 39.8 Å². The number of amides is 1. The maximum atomic E-state index is 12.9. The maximum absolute atomic E-state index is 12.9. The van der Waals surface area contributed by atoms with E-state index < -0.39 is 0 Å². The summed E-state index contributed by atoms with van der Waals surface area (Å²) in [5.41, 5.74) is 2.07. The van der Waals surface area contributed by atoms with Crippen LogP contribution in [-0.2, 0) is 0 Å². The SMILES string of the molecule is N#Cc1cccc(C(=O)N2CCCC2c2nc3ccccc3s2)c1. The first-order chi connectivity index (χ1) is 11.8. The lowest BCUT2D eigenvalue weighted by Gasteiger charge is -2.23. The minimum absolute atomic E-state index is 0.0196. The van der Waals surface area contributed by atoms with Gasteiger partial charge in [0.1, 0.15) is 5.01 Å². The van der Waals surface area contributed by atoms with Crippen LogP contribution in [0, 0.1) is 11.3 Å². The van der Waals surface area contributed by atoms with Gasteiger partial charge in [0.25, 0.3) is 5.91 Å². The number of nitrogens with zero attached hydrogens (tertiary/aromatic N) is 3. The van der Waals surface area contributed by atoms with Crippen molar-refractivity contribution in [3.8, 4) is 6.07 Å². The van der Waals surface area contributed by atoms with Crippen LogP contribution >= 0.6 is 11.3 Å². The predicted octanol–water partition coefficient (Wildman–Crippen LogP) is 4.15. The van der Waals surface area contributed by atoms with Crippen LogP contribution in [0.5, 0.6) is 0 Å². The van der Waals surface area contributed by atoms with Gasteiger partial charge in [-0.25, -0.2) is 4.98 Å². The van der Waals surface area contributed by atoms with E-state index in [1.807, 2.05) is 23.1 Å². The molecule has 1 aliphatic rings. The number of likely N-dealkylation sites (tertiary alicyclic amines) is 1. The van der Waals surface area contributed by atoms with Crippen molar-refractivity contribution in [3.05, 3.63) is 64.7 Å². The van der Waals surface area contributed by atoms with E-state index in [0.29, 0.717) is 11.1 Å². The van der Waals surface area contributed by atoms with Crippen molar-refractivity contribution in [1.29, 1.82) is 5.26 Å². The Kier molecular flexibility index (Phi) is 3.75. The molecule has 4 nitrogen and oxygen atoms in total. The predicted molar refractivity (Wildman–Crippen MR) is 93.8 cm³/mol. The average Bonchev–Trinajstić information content (AvgIpc) is 3.27. The Bertz CT molecular complexity index is 923. The van der Waals surface area contributed by atoms with Crippen LogP contribution in [0.4, 0.5) is 0 Å². The van der Waals surface area contributed by atoms with Gasteiger partial charge in [-0.2, -0.15) is 5.26 Å². The monoisotopic (exact) mass is 333 g/mol. The van der Waals surface area contributed by atoms with Crippen LogP contribution in [0.15, 0.2) is 48.5 Å². The molecule has 0 N–H and O–H groups in total. The van der Waals surface area contributed by atoms with Crippen LogP contribution in [-0.4, -0.2) is 22.3 Å². The summed E-state index contributed by atoms with van der Waals surface area (Å²) in [6.45, 7) is 0.732. The zero-order valence-electron chi connectivity index (χ0n) is 13.0. The molecular formula is C19H15N3OS. The van der Waals surface area contributed by atoms with E-state index in [1.54, 1.807) is 35.6 Å². The van der Waals surface area contributed by atoms with Crippen molar-refractivity contribution in [2.45, 2.75) is 18.9 Å². The first kappa shape index (κ1) is 14.9. The van der Waals surface area contributed by atoms with E-state index in [9.17, 15) is 4.79 Å². The molecule has 4 rings (SSSR count). The van der Waals surface area contributed by atoms with Crippen molar-refractivity contribution in [2.75, 3.05) is 6.54 Å². The molecule has 1 fully saturated rings. The van der Waals surface area contributed by atoms with Gasteiger partial charge in [0.2, 0.25) is 0 Å². The zero-order chi connectivity index (χ0) is 16.5. The average molecular weight is 333 g/mol. The summed E-state index contributed by atoms with van der Waals surface area (Å²) >= 11 is 1.66. The van der Waals surface area contributed by atoms with Gasteiger partial charge >= 0.3 is 0 Å². The van der Waals surface area contributed by atoms with Crippen LogP contribution in [0.25, 0.3) is 10.2 Å². The van der Waals surface area contributed by atoms with E-state index in [2.05, 4.69) is 12.1 Å². The molecule has 2 aromatic carbocycles. The molecule has 0 bridgehead atoms. The van der Waals surface area contributed by atoms with Crippen molar-refractivity contribution < 1.29 is 4.79 Å². The van der Waals surface area contributed by atoms with E-state index in [4.69, 9.17) is 10.2 Å². The first-order valence-electron chi connectivity index (χ1n) is 7.93. The summed E-state index contributed by atoms with van der Waals surface area (Å²) in [7, 11) is 0. The van der Waals surface area contributed by atoms with Crippen LogP contribution < -0.4 is 0 Å². The third-order valence-electron chi connectivity index (χ3n) is 4.35. The van der Waals surface area contributed by atoms with Crippen LogP contribution in [0.3, 0.4) is 0 Å². The Balaban J connectivity index is 1.67. The third-order valence-corrected chi connectivity index (χ3v) is 5.49. The summed E-state index contributed by atoms with van der Waals surface area (Å²) in [5, 5.41) is 10.0. The maximum Gasteiger partial charge on any atom is 0.254 e. The number of fused-ring (bicyclic) bond motifs is 1. The Morgan fingerprint density at radius 1 is 1.25 bits per heavy atom. The van der Waals surface area contributed by atoms with Crippen molar-refractivity contribution in [3.63, 3.8) is 0 Å². The summed E-state index contributed by atoms with van der Waals surface area (Å²) in [6, 6.07) is 17.1. The molecule has 1 saturated heterocycles. The van der Waals surface area contributed by atoms with Gasteiger partial charge in [0.05, 0.1) is 27.9 Å². The fourth-order valence-corrected chi connectivity index (χ4v) is 4.30. The standard InChI is InChI=1S/C19H15N3OS/c20-12-13-5-3-6-14(11-13)19(23)22-10-4-8-16(22)18-21-15-7-1-2-9-17(15)24-18/h1-3,5-7,9,11,16H,4,8,10H2. The quantitative estimate of drug-likeness (QED) is 0.708. The number of para-hydroxylation sites is 1. The minimum atomic E-state index is -0.0196. The fourth-order valence-electron chi connectivity index (χ4n) is 3.19. The van der Waals surface area contributed by atoms with Crippen molar-refractivity contribution >= 4 is 27.5 Å². The number of rotatable bonds is 2. The summed E-state index contributed by atoms with van der Waals surface area (Å²) in [5.74, 6) is -0.0196. The largest absolute Gasteiger partial charge is 0.329 e. The molecule has 0 spiro atoms. The Labute approximate surface area is 144 Å². The smallest absolute Gasteiger partial charge is 0.254 e. The molecule has 0 saturated carbocycles. The van der Waals surface area contributed by atoms with E-state index >= 15 is 0 Å². The zero-order valence-corrected chi connectivity index (χ0v) is 13.8. The van der Waals surface area contributed by atoms with Gasteiger partial charge in [0.15, 0.2) is 0 Å².